The van der Waals surface area contributed by atoms with E-state index in [9.17, 15) is 14.7 Å². The molecule has 4 heteroatoms. The third-order valence-electron chi connectivity index (χ3n) is 3.69. The van der Waals surface area contributed by atoms with E-state index in [-0.39, 0.29) is 23.7 Å². The maximum atomic E-state index is 11.9. The molecule has 0 radical (unpaired) electrons. The van der Waals surface area contributed by atoms with Gasteiger partial charge in [-0.1, -0.05) is 18.2 Å². The minimum absolute atomic E-state index is 0.250. The number of imide groups is 1. The molecule has 1 heterocycles. The second kappa shape index (κ2) is 5.13. The monoisotopic (exact) mass is 261 g/mol. The Morgan fingerprint density at radius 2 is 2.32 bits per heavy atom. The average molecular weight is 261 g/mol. The van der Waals surface area contributed by atoms with Gasteiger partial charge >= 0.3 is 0 Å². The van der Waals surface area contributed by atoms with Crippen LogP contribution in [0.15, 0.2) is 36.0 Å². The summed E-state index contributed by atoms with van der Waals surface area (Å²) < 4.78 is 0. The Morgan fingerprint density at radius 3 is 2.95 bits per heavy atom. The summed E-state index contributed by atoms with van der Waals surface area (Å²) in [4.78, 5) is 23.2. The molecule has 1 aliphatic carbocycles. The van der Waals surface area contributed by atoms with E-state index in [1.54, 1.807) is 6.92 Å². The Bertz CT molecular complexity index is 488. The molecule has 102 valence electrons. The van der Waals surface area contributed by atoms with Crippen LogP contribution < -0.4 is 5.32 Å². The molecule has 0 saturated carbocycles. The molecule has 0 aromatic rings. The summed E-state index contributed by atoms with van der Waals surface area (Å²) in [5, 5.41) is 12.0. The maximum Gasteiger partial charge on any atom is 0.254 e. The number of amides is 2. The van der Waals surface area contributed by atoms with Gasteiger partial charge in [0.05, 0.1) is 12.5 Å². The molecule has 2 amide bonds. The zero-order valence-corrected chi connectivity index (χ0v) is 11.1. The van der Waals surface area contributed by atoms with Gasteiger partial charge in [-0.15, -0.1) is 6.58 Å². The van der Waals surface area contributed by atoms with Crippen LogP contribution in [0, 0.1) is 5.41 Å². The van der Waals surface area contributed by atoms with Gasteiger partial charge < -0.3 is 5.11 Å². The van der Waals surface area contributed by atoms with Crippen LogP contribution in [0.1, 0.15) is 32.6 Å². The second-order valence-corrected chi connectivity index (χ2v) is 5.48. The van der Waals surface area contributed by atoms with Gasteiger partial charge in [-0.3, -0.25) is 14.9 Å². The highest BCUT2D eigenvalue weighted by atomic mass is 16.3. The molecular weight excluding hydrogens is 242 g/mol. The molecule has 2 atom stereocenters. The molecule has 0 aromatic heterocycles. The lowest BCUT2D eigenvalue weighted by atomic mass is 9.69. The van der Waals surface area contributed by atoms with E-state index < -0.39 is 6.10 Å². The van der Waals surface area contributed by atoms with E-state index in [1.165, 1.54) is 0 Å². The molecular formula is C15H19NO3. The Kier molecular flexibility index (Phi) is 3.71. The maximum absolute atomic E-state index is 11.9. The van der Waals surface area contributed by atoms with Gasteiger partial charge in [-0.2, -0.15) is 0 Å². The Balaban J connectivity index is 2.30. The predicted molar refractivity (Wildman–Crippen MR) is 72.1 cm³/mol. The van der Waals surface area contributed by atoms with Crippen molar-refractivity contribution in [1.29, 1.82) is 0 Å². The first-order valence-electron chi connectivity index (χ1n) is 6.50. The summed E-state index contributed by atoms with van der Waals surface area (Å²) in [6.45, 7) is 5.50. The molecule has 0 saturated heterocycles. The number of hydrogen-bond donors (Lipinski definition) is 2. The number of aliphatic hydroxyl groups is 1. The van der Waals surface area contributed by atoms with Crippen LogP contribution in [0.25, 0.3) is 0 Å². The zero-order valence-electron chi connectivity index (χ0n) is 11.1. The van der Waals surface area contributed by atoms with Gasteiger partial charge in [0, 0.05) is 5.57 Å². The summed E-state index contributed by atoms with van der Waals surface area (Å²) in [5.74, 6) is -0.547. The third-order valence-corrected chi connectivity index (χ3v) is 3.69. The Hall–Kier alpha value is -1.68. The lowest BCUT2D eigenvalue weighted by molar-refractivity contribution is -0.129. The minimum atomic E-state index is -0.444. The summed E-state index contributed by atoms with van der Waals surface area (Å²) >= 11 is 0. The molecule has 0 spiro atoms. The first-order chi connectivity index (χ1) is 8.96. The molecule has 0 fully saturated rings. The van der Waals surface area contributed by atoms with Crippen LogP contribution in [0.5, 0.6) is 0 Å². The quantitative estimate of drug-likeness (QED) is 0.597. The van der Waals surface area contributed by atoms with Crippen molar-refractivity contribution < 1.29 is 14.7 Å². The number of hydrogen-bond acceptors (Lipinski definition) is 3. The van der Waals surface area contributed by atoms with Crippen LogP contribution >= 0.6 is 0 Å². The molecule has 0 aromatic carbocycles. The Labute approximate surface area is 112 Å². The van der Waals surface area contributed by atoms with Crippen molar-refractivity contribution in [1.82, 2.24) is 5.32 Å². The fraction of sp³-hybridized carbons (Fsp3) is 0.467. The largest absolute Gasteiger partial charge is 0.393 e. The van der Waals surface area contributed by atoms with Crippen LogP contribution in [-0.2, 0) is 9.59 Å². The van der Waals surface area contributed by atoms with E-state index in [4.69, 9.17) is 0 Å². The molecule has 2 aliphatic rings. The fourth-order valence-corrected chi connectivity index (χ4v) is 2.95. The van der Waals surface area contributed by atoms with Crippen molar-refractivity contribution in [2.75, 3.05) is 0 Å². The number of aliphatic hydroxyl groups excluding tert-OH is 1. The number of carbonyl (C=O) groups is 2. The van der Waals surface area contributed by atoms with Gasteiger partial charge in [-0.05, 0) is 37.2 Å². The van der Waals surface area contributed by atoms with Crippen molar-refractivity contribution in [2.24, 2.45) is 5.41 Å². The van der Waals surface area contributed by atoms with Gasteiger partial charge in [0.1, 0.15) is 0 Å². The predicted octanol–water partition coefficient (Wildman–Crippen LogP) is 1.62. The zero-order chi connectivity index (χ0) is 14.0. The first kappa shape index (κ1) is 13.7. The van der Waals surface area contributed by atoms with Crippen LogP contribution in [0.4, 0.5) is 0 Å². The average Bonchev–Trinajstić information content (AvgIpc) is 2.30. The minimum Gasteiger partial charge on any atom is -0.393 e. The molecule has 19 heavy (non-hydrogen) atoms. The number of carbonyl (C=O) groups excluding carboxylic acids is 2. The summed E-state index contributed by atoms with van der Waals surface area (Å²) in [7, 11) is 0. The Morgan fingerprint density at radius 1 is 1.58 bits per heavy atom. The van der Waals surface area contributed by atoms with Crippen LogP contribution in [0.3, 0.4) is 0 Å². The second-order valence-electron chi connectivity index (χ2n) is 5.48. The van der Waals surface area contributed by atoms with E-state index in [0.717, 1.165) is 5.57 Å². The highest BCUT2D eigenvalue weighted by molar-refractivity contribution is 6.09. The normalized spacial score (nSPS) is 27.9. The number of rotatable bonds is 4. The standard InChI is InChI=1S/C15H19NO3/c1-3-5-15(8-10(2)17)6-4-11-7-13(18)16-14(19)12(11)9-15/h3-4,6,10,17H,1,5,7-9H2,2H3,(H,16,18,19). The van der Waals surface area contributed by atoms with Gasteiger partial charge in [0.25, 0.3) is 5.91 Å². The molecule has 0 bridgehead atoms. The van der Waals surface area contributed by atoms with E-state index in [2.05, 4.69) is 11.9 Å². The van der Waals surface area contributed by atoms with E-state index >= 15 is 0 Å². The molecule has 1 aliphatic heterocycles. The van der Waals surface area contributed by atoms with Crippen LogP contribution in [0.2, 0.25) is 0 Å². The van der Waals surface area contributed by atoms with Crippen molar-refractivity contribution in [2.45, 2.75) is 38.7 Å². The van der Waals surface area contributed by atoms with Crippen molar-refractivity contribution in [3.05, 3.63) is 36.0 Å². The lowest BCUT2D eigenvalue weighted by Gasteiger charge is -2.36. The molecule has 2 unspecified atom stereocenters. The van der Waals surface area contributed by atoms with Crippen molar-refractivity contribution in [3.63, 3.8) is 0 Å². The summed E-state index contributed by atoms with van der Waals surface area (Å²) in [6.07, 6.45) is 7.34. The molecule has 4 nitrogen and oxygen atoms in total. The summed E-state index contributed by atoms with van der Waals surface area (Å²) in [6, 6.07) is 0. The SMILES string of the molecule is C=CCC1(CC(C)O)C=CC2=C(C1)C(=O)NC(=O)C2. The van der Waals surface area contributed by atoms with Crippen molar-refractivity contribution in [3.8, 4) is 0 Å². The molecule has 2 N–H and O–H groups in total. The number of nitrogens with one attached hydrogen (secondary N) is 1. The summed E-state index contributed by atoms with van der Waals surface area (Å²) in [5.41, 5.74) is 1.20. The first-order valence-corrected chi connectivity index (χ1v) is 6.50. The fourth-order valence-electron chi connectivity index (χ4n) is 2.95. The van der Waals surface area contributed by atoms with Gasteiger partial charge in [0.2, 0.25) is 5.91 Å². The topological polar surface area (TPSA) is 66.4 Å². The lowest BCUT2D eigenvalue weighted by Crippen LogP contribution is -2.40. The van der Waals surface area contributed by atoms with E-state index in [0.29, 0.717) is 24.8 Å². The van der Waals surface area contributed by atoms with Crippen LogP contribution in [-0.4, -0.2) is 23.0 Å². The van der Waals surface area contributed by atoms with Gasteiger partial charge in [0.15, 0.2) is 0 Å². The van der Waals surface area contributed by atoms with Gasteiger partial charge in [-0.25, -0.2) is 0 Å². The van der Waals surface area contributed by atoms with E-state index in [1.807, 2.05) is 18.2 Å². The van der Waals surface area contributed by atoms with Crippen molar-refractivity contribution >= 4 is 11.8 Å². The third kappa shape index (κ3) is 2.84. The smallest absolute Gasteiger partial charge is 0.254 e. The highest BCUT2D eigenvalue weighted by Crippen LogP contribution is 2.42. The molecule has 2 rings (SSSR count). The highest BCUT2D eigenvalue weighted by Gasteiger charge is 2.36. The number of allylic oxidation sites excluding steroid dienone is 3.